The van der Waals surface area contributed by atoms with Crippen LogP contribution in [0.15, 0.2) is 54.1 Å². The number of hydrogen-bond acceptors (Lipinski definition) is 4. The quantitative estimate of drug-likeness (QED) is 0.275. The van der Waals surface area contributed by atoms with Crippen LogP contribution in [-0.2, 0) is 14.4 Å². The van der Waals surface area contributed by atoms with Crippen LogP contribution >= 0.6 is 0 Å². The summed E-state index contributed by atoms with van der Waals surface area (Å²) < 4.78 is 5.17. The van der Waals surface area contributed by atoms with Crippen molar-refractivity contribution in [1.82, 2.24) is 10.6 Å². The molecule has 0 aliphatic carbocycles. The summed E-state index contributed by atoms with van der Waals surface area (Å²) in [6.07, 6.45) is 6.97. The Bertz CT molecular complexity index is 1120. The number of aryl methyl sites for hydroxylation is 1. The monoisotopic (exact) mass is 505 g/mol. The fraction of sp³-hybridized carbons (Fsp3) is 0.433. The average molecular weight is 506 g/mol. The Balaban J connectivity index is 1.80. The summed E-state index contributed by atoms with van der Waals surface area (Å²) in [5.41, 5.74) is 1.75. The third-order valence-corrected chi connectivity index (χ3v) is 6.74. The number of benzene rings is 2. The fourth-order valence-corrected chi connectivity index (χ4v) is 4.48. The van der Waals surface area contributed by atoms with Crippen LogP contribution in [0.4, 0.5) is 5.69 Å². The number of carbonyl (C=O) groups excluding carboxylic acids is 3. The van der Waals surface area contributed by atoms with Crippen molar-refractivity contribution in [2.45, 2.75) is 71.3 Å². The van der Waals surface area contributed by atoms with Crippen molar-refractivity contribution < 1.29 is 19.1 Å². The molecule has 1 unspecified atom stereocenters. The molecule has 7 heteroatoms. The van der Waals surface area contributed by atoms with E-state index in [4.69, 9.17) is 4.74 Å². The van der Waals surface area contributed by atoms with Gasteiger partial charge in [-0.2, -0.15) is 0 Å². The highest BCUT2D eigenvalue weighted by molar-refractivity contribution is 6.29. The highest BCUT2D eigenvalue weighted by atomic mass is 16.5. The molecule has 3 N–H and O–H groups in total. The van der Waals surface area contributed by atoms with Gasteiger partial charge in [0.1, 0.15) is 16.9 Å². The van der Waals surface area contributed by atoms with E-state index in [0.29, 0.717) is 23.6 Å². The highest BCUT2D eigenvalue weighted by Gasteiger charge is 2.43. The van der Waals surface area contributed by atoms with Crippen molar-refractivity contribution in [3.05, 3.63) is 65.2 Å². The molecule has 3 amide bonds. The predicted molar refractivity (Wildman–Crippen MR) is 147 cm³/mol. The number of ether oxygens (including phenoxy) is 1. The maximum Gasteiger partial charge on any atom is 0.261 e. The number of carbonyl (C=O) groups is 3. The standard InChI is InChI=1S/C30H39N3O4/c1-5-6-7-8-9-10-19-31-29(36)30(3)20-25(22-13-11-21(2)12-14-22)26(28(35)33-30)27(34)32-23-15-17-24(37-4)18-16-23/h11-18H,5-10,19-20H2,1-4H3,(H,31,36)(H,32,34)(H,33,35). The molecule has 7 nitrogen and oxygen atoms in total. The minimum Gasteiger partial charge on any atom is -0.497 e. The number of amides is 3. The Morgan fingerprint density at radius 1 is 0.973 bits per heavy atom. The second-order valence-corrected chi connectivity index (χ2v) is 9.89. The maximum atomic E-state index is 13.3. The van der Waals surface area contributed by atoms with Crippen LogP contribution in [0.3, 0.4) is 0 Å². The second-order valence-electron chi connectivity index (χ2n) is 9.89. The Kier molecular flexibility index (Phi) is 9.89. The lowest BCUT2D eigenvalue weighted by atomic mass is 9.81. The molecule has 0 fully saturated rings. The minimum atomic E-state index is -1.16. The molecule has 1 heterocycles. The van der Waals surface area contributed by atoms with E-state index in [0.717, 1.165) is 30.4 Å². The van der Waals surface area contributed by atoms with Gasteiger partial charge < -0.3 is 20.7 Å². The summed E-state index contributed by atoms with van der Waals surface area (Å²) in [7, 11) is 1.57. The Hall–Kier alpha value is -3.61. The smallest absolute Gasteiger partial charge is 0.261 e. The number of unbranched alkanes of at least 4 members (excludes halogenated alkanes) is 5. The summed E-state index contributed by atoms with van der Waals surface area (Å²) in [4.78, 5) is 39.9. The molecule has 0 bridgehead atoms. The van der Waals surface area contributed by atoms with E-state index in [9.17, 15) is 14.4 Å². The van der Waals surface area contributed by atoms with Gasteiger partial charge in [0.2, 0.25) is 5.91 Å². The van der Waals surface area contributed by atoms with E-state index >= 15 is 0 Å². The largest absolute Gasteiger partial charge is 0.497 e. The molecule has 0 aromatic heterocycles. The summed E-state index contributed by atoms with van der Waals surface area (Å²) in [5.74, 6) is -0.665. The van der Waals surface area contributed by atoms with Crippen molar-refractivity contribution in [1.29, 1.82) is 0 Å². The van der Waals surface area contributed by atoms with Gasteiger partial charge in [-0.1, -0.05) is 68.9 Å². The van der Waals surface area contributed by atoms with Crippen LogP contribution in [0, 0.1) is 6.92 Å². The van der Waals surface area contributed by atoms with E-state index in [1.165, 1.54) is 19.3 Å². The number of hydrogen-bond donors (Lipinski definition) is 3. The van der Waals surface area contributed by atoms with Gasteiger partial charge in [0.15, 0.2) is 0 Å². The van der Waals surface area contributed by atoms with Crippen molar-refractivity contribution >= 4 is 29.0 Å². The van der Waals surface area contributed by atoms with E-state index in [1.807, 2.05) is 31.2 Å². The van der Waals surface area contributed by atoms with Crippen LogP contribution < -0.4 is 20.7 Å². The maximum absolute atomic E-state index is 13.3. The number of rotatable bonds is 12. The van der Waals surface area contributed by atoms with Crippen LogP contribution in [0.2, 0.25) is 0 Å². The highest BCUT2D eigenvalue weighted by Crippen LogP contribution is 2.34. The zero-order valence-electron chi connectivity index (χ0n) is 22.4. The molecule has 0 saturated heterocycles. The van der Waals surface area contributed by atoms with E-state index in [1.54, 1.807) is 38.3 Å². The van der Waals surface area contributed by atoms with E-state index < -0.39 is 17.4 Å². The molecule has 0 radical (unpaired) electrons. The van der Waals surface area contributed by atoms with E-state index in [-0.39, 0.29) is 17.9 Å². The summed E-state index contributed by atoms with van der Waals surface area (Å²) in [6.45, 7) is 6.44. The van der Waals surface area contributed by atoms with Gasteiger partial charge in [-0.25, -0.2) is 0 Å². The van der Waals surface area contributed by atoms with Crippen LogP contribution in [0.25, 0.3) is 5.57 Å². The third kappa shape index (κ3) is 7.44. The molecule has 2 aromatic rings. The molecule has 1 aliphatic rings. The molecule has 3 rings (SSSR count). The van der Waals surface area contributed by atoms with Crippen molar-refractivity contribution in [3.8, 4) is 5.75 Å². The molecule has 198 valence electrons. The molecule has 37 heavy (non-hydrogen) atoms. The molecule has 1 atom stereocenters. The number of methoxy groups -OCH3 is 1. The lowest BCUT2D eigenvalue weighted by molar-refractivity contribution is -0.132. The fourth-order valence-electron chi connectivity index (χ4n) is 4.48. The van der Waals surface area contributed by atoms with Gasteiger partial charge in [-0.15, -0.1) is 0 Å². The molecule has 2 aromatic carbocycles. The van der Waals surface area contributed by atoms with Crippen LogP contribution in [0.1, 0.15) is 69.9 Å². The normalized spacial score (nSPS) is 17.2. The zero-order valence-corrected chi connectivity index (χ0v) is 22.4. The molecule has 0 spiro atoms. The topological polar surface area (TPSA) is 96.5 Å². The van der Waals surface area contributed by atoms with Gasteiger partial charge in [-0.3, -0.25) is 14.4 Å². The first-order valence-electron chi connectivity index (χ1n) is 13.1. The SMILES string of the molecule is CCCCCCCCNC(=O)C1(C)CC(c2ccc(C)cc2)=C(C(=O)Nc2ccc(OC)cc2)C(=O)N1. The minimum absolute atomic E-state index is 0.0147. The average Bonchev–Trinajstić information content (AvgIpc) is 2.88. The van der Waals surface area contributed by atoms with Crippen LogP contribution in [-0.4, -0.2) is 36.9 Å². The summed E-state index contributed by atoms with van der Waals surface area (Å²) in [6, 6.07) is 14.5. The lowest BCUT2D eigenvalue weighted by Gasteiger charge is -2.35. The molecular formula is C30H39N3O4. The summed E-state index contributed by atoms with van der Waals surface area (Å²) in [5, 5.41) is 8.62. The van der Waals surface area contributed by atoms with Crippen molar-refractivity contribution in [3.63, 3.8) is 0 Å². The first-order valence-corrected chi connectivity index (χ1v) is 13.1. The predicted octanol–water partition coefficient (Wildman–Crippen LogP) is 5.15. The van der Waals surface area contributed by atoms with Crippen molar-refractivity contribution in [2.75, 3.05) is 19.0 Å². The molecular weight excluding hydrogens is 466 g/mol. The molecule has 0 saturated carbocycles. The van der Waals surface area contributed by atoms with Gasteiger partial charge in [0.05, 0.1) is 7.11 Å². The second kappa shape index (κ2) is 13.1. The number of anilines is 1. The Morgan fingerprint density at radius 3 is 2.27 bits per heavy atom. The van der Waals surface area contributed by atoms with Gasteiger partial charge in [0.25, 0.3) is 11.8 Å². The van der Waals surface area contributed by atoms with Crippen molar-refractivity contribution in [2.24, 2.45) is 0 Å². The number of nitrogens with one attached hydrogen (secondary N) is 3. The summed E-state index contributed by atoms with van der Waals surface area (Å²) >= 11 is 0. The Labute approximate surface area is 220 Å². The zero-order chi connectivity index (χ0) is 26.8. The van der Waals surface area contributed by atoms with Gasteiger partial charge in [-0.05, 0) is 55.7 Å². The van der Waals surface area contributed by atoms with E-state index in [2.05, 4.69) is 22.9 Å². The first-order chi connectivity index (χ1) is 17.8. The third-order valence-electron chi connectivity index (χ3n) is 6.74. The Morgan fingerprint density at radius 2 is 1.62 bits per heavy atom. The first kappa shape index (κ1) is 28.0. The molecule has 1 aliphatic heterocycles. The lowest BCUT2D eigenvalue weighted by Crippen LogP contribution is -2.60. The van der Waals surface area contributed by atoms with Gasteiger partial charge >= 0.3 is 0 Å². The van der Waals surface area contributed by atoms with Gasteiger partial charge in [0, 0.05) is 18.7 Å². The van der Waals surface area contributed by atoms with Crippen LogP contribution in [0.5, 0.6) is 5.75 Å².